The highest BCUT2D eigenvalue weighted by molar-refractivity contribution is 5.09. The molecule has 0 aliphatic carbocycles. The van der Waals surface area contributed by atoms with Crippen LogP contribution < -0.4 is 0 Å². The average molecular weight is 170 g/mol. The third-order valence-corrected chi connectivity index (χ3v) is 2.41. The summed E-state index contributed by atoms with van der Waals surface area (Å²) < 4.78 is 5.27. The smallest absolute Gasteiger partial charge is 0.0899 e. The van der Waals surface area contributed by atoms with Crippen molar-refractivity contribution in [2.75, 3.05) is 13.2 Å². The summed E-state index contributed by atoms with van der Waals surface area (Å²) in [7, 11) is 0. The minimum Gasteiger partial charge on any atom is -0.385 e. The zero-order chi connectivity index (χ0) is 9.19. The molecular weight excluding hydrogens is 152 g/mol. The van der Waals surface area contributed by atoms with Gasteiger partial charge in [-0.2, -0.15) is 0 Å². The predicted octanol–water partition coefficient (Wildman–Crippen LogP) is 1.74. The zero-order valence-corrected chi connectivity index (χ0v) is 8.13. The van der Waals surface area contributed by atoms with E-state index in [2.05, 4.69) is 0 Å². The Bertz CT molecular complexity index is 182. The van der Waals surface area contributed by atoms with Crippen LogP contribution in [0.2, 0.25) is 0 Å². The van der Waals surface area contributed by atoms with Crippen molar-refractivity contribution >= 4 is 0 Å². The van der Waals surface area contributed by atoms with Crippen LogP contribution in [-0.2, 0) is 4.74 Å². The van der Waals surface area contributed by atoms with Crippen LogP contribution in [0.4, 0.5) is 0 Å². The number of hydrogen-bond acceptors (Lipinski definition) is 2. The van der Waals surface area contributed by atoms with Gasteiger partial charge < -0.3 is 9.84 Å². The Labute approximate surface area is 74.2 Å². The monoisotopic (exact) mass is 170 g/mol. The molecule has 0 aromatic carbocycles. The predicted molar refractivity (Wildman–Crippen MR) is 49.0 cm³/mol. The number of aliphatic hydroxyl groups is 1. The van der Waals surface area contributed by atoms with Crippen LogP contribution in [0, 0.1) is 5.92 Å². The molecule has 1 aliphatic heterocycles. The molecule has 0 aromatic rings. The summed E-state index contributed by atoms with van der Waals surface area (Å²) in [6.45, 7) is 7.39. The molecular formula is C10H18O2. The van der Waals surface area contributed by atoms with Crippen LogP contribution in [0.3, 0.4) is 0 Å². The van der Waals surface area contributed by atoms with E-state index in [9.17, 15) is 5.11 Å². The Morgan fingerprint density at radius 2 is 2.25 bits per heavy atom. The molecule has 2 nitrogen and oxygen atoms in total. The lowest BCUT2D eigenvalue weighted by molar-refractivity contribution is -0.0758. The zero-order valence-electron chi connectivity index (χ0n) is 8.13. The van der Waals surface area contributed by atoms with E-state index in [0.29, 0.717) is 13.2 Å². The van der Waals surface area contributed by atoms with E-state index in [0.717, 1.165) is 6.42 Å². The van der Waals surface area contributed by atoms with Crippen molar-refractivity contribution in [3.63, 3.8) is 0 Å². The van der Waals surface area contributed by atoms with Gasteiger partial charge in [-0.1, -0.05) is 18.6 Å². The van der Waals surface area contributed by atoms with Crippen molar-refractivity contribution in [1.82, 2.24) is 0 Å². The van der Waals surface area contributed by atoms with Crippen LogP contribution in [0.15, 0.2) is 11.6 Å². The van der Waals surface area contributed by atoms with Crippen LogP contribution in [0.25, 0.3) is 0 Å². The maximum Gasteiger partial charge on any atom is 0.0899 e. The van der Waals surface area contributed by atoms with Crippen molar-refractivity contribution in [2.24, 2.45) is 5.92 Å². The number of rotatable bonds is 1. The van der Waals surface area contributed by atoms with Gasteiger partial charge in [-0.3, -0.25) is 0 Å². The lowest BCUT2D eigenvalue weighted by Crippen LogP contribution is -2.42. The second kappa shape index (κ2) is 3.58. The topological polar surface area (TPSA) is 29.5 Å². The van der Waals surface area contributed by atoms with Gasteiger partial charge in [0, 0.05) is 18.9 Å². The molecule has 70 valence electrons. The van der Waals surface area contributed by atoms with Crippen molar-refractivity contribution in [3.05, 3.63) is 11.6 Å². The largest absolute Gasteiger partial charge is 0.385 e. The molecule has 2 heteroatoms. The van der Waals surface area contributed by atoms with E-state index in [-0.39, 0.29) is 5.92 Å². The van der Waals surface area contributed by atoms with Gasteiger partial charge in [-0.05, 0) is 13.8 Å². The molecule has 0 bridgehead atoms. The van der Waals surface area contributed by atoms with Crippen LogP contribution in [0.5, 0.6) is 0 Å². The Hall–Kier alpha value is -0.340. The van der Waals surface area contributed by atoms with Gasteiger partial charge in [0.1, 0.15) is 0 Å². The summed E-state index contributed by atoms with van der Waals surface area (Å²) in [6, 6.07) is 0. The highest BCUT2D eigenvalue weighted by atomic mass is 16.5. The molecule has 1 aliphatic rings. The third kappa shape index (κ3) is 2.08. The second-order valence-corrected chi connectivity index (χ2v) is 3.94. The summed E-state index contributed by atoms with van der Waals surface area (Å²) in [6.07, 6.45) is 2.68. The van der Waals surface area contributed by atoms with Crippen molar-refractivity contribution in [3.8, 4) is 0 Å². The minimum absolute atomic E-state index is 0.209. The first-order valence-corrected chi connectivity index (χ1v) is 4.51. The second-order valence-electron chi connectivity index (χ2n) is 3.94. The van der Waals surface area contributed by atoms with Gasteiger partial charge in [0.25, 0.3) is 0 Å². The molecule has 12 heavy (non-hydrogen) atoms. The first-order chi connectivity index (χ1) is 5.54. The molecule has 0 radical (unpaired) electrons. The summed E-state index contributed by atoms with van der Waals surface area (Å²) in [5.74, 6) is 0.209. The Kier molecular flexibility index (Phi) is 2.91. The summed E-state index contributed by atoms with van der Waals surface area (Å²) >= 11 is 0. The van der Waals surface area contributed by atoms with Crippen molar-refractivity contribution < 1.29 is 9.84 Å². The first kappa shape index (κ1) is 9.75. The van der Waals surface area contributed by atoms with E-state index >= 15 is 0 Å². The molecule has 1 N–H and O–H groups in total. The number of ether oxygens (including phenoxy) is 1. The average Bonchev–Trinajstić information content (AvgIpc) is 1.94. The minimum atomic E-state index is -0.628. The van der Waals surface area contributed by atoms with Crippen LogP contribution in [-0.4, -0.2) is 23.9 Å². The number of hydrogen-bond donors (Lipinski definition) is 1. The maximum absolute atomic E-state index is 10.2. The quantitative estimate of drug-likeness (QED) is 0.607. The number of allylic oxidation sites excluding steroid dienone is 1. The standard InChI is InChI=1S/C10H18O2/c1-8(2)6-10(11)4-5-12-7-9(10)3/h6,9,11H,4-5,7H2,1-3H3. The Balaban J connectivity index is 2.72. The van der Waals surface area contributed by atoms with Gasteiger partial charge in [-0.15, -0.1) is 0 Å². The van der Waals surface area contributed by atoms with Gasteiger partial charge in [0.05, 0.1) is 12.2 Å². The fourth-order valence-corrected chi connectivity index (χ4v) is 1.60. The lowest BCUT2D eigenvalue weighted by Gasteiger charge is -2.35. The van der Waals surface area contributed by atoms with Crippen molar-refractivity contribution in [2.45, 2.75) is 32.8 Å². The SMILES string of the molecule is CC(C)=CC1(O)CCOCC1C. The van der Waals surface area contributed by atoms with Gasteiger partial charge >= 0.3 is 0 Å². The molecule has 2 unspecified atom stereocenters. The molecule has 0 aromatic heterocycles. The molecule has 1 fully saturated rings. The molecule has 1 saturated heterocycles. The molecule has 0 spiro atoms. The van der Waals surface area contributed by atoms with E-state index < -0.39 is 5.60 Å². The van der Waals surface area contributed by atoms with Gasteiger partial charge in [0.15, 0.2) is 0 Å². The Morgan fingerprint density at radius 1 is 1.58 bits per heavy atom. The first-order valence-electron chi connectivity index (χ1n) is 4.51. The lowest BCUT2D eigenvalue weighted by atomic mass is 9.83. The molecule has 0 amide bonds. The van der Waals surface area contributed by atoms with Crippen LogP contribution >= 0.6 is 0 Å². The van der Waals surface area contributed by atoms with E-state index in [1.807, 2.05) is 26.8 Å². The third-order valence-electron chi connectivity index (χ3n) is 2.41. The fraction of sp³-hybridized carbons (Fsp3) is 0.800. The van der Waals surface area contributed by atoms with Crippen molar-refractivity contribution in [1.29, 1.82) is 0 Å². The van der Waals surface area contributed by atoms with E-state index in [1.54, 1.807) is 0 Å². The highest BCUT2D eigenvalue weighted by Gasteiger charge is 2.34. The summed E-state index contributed by atoms with van der Waals surface area (Å²) in [5, 5.41) is 10.2. The molecule has 1 rings (SSSR count). The molecule has 0 saturated carbocycles. The molecule has 1 heterocycles. The van der Waals surface area contributed by atoms with E-state index in [4.69, 9.17) is 4.74 Å². The highest BCUT2D eigenvalue weighted by Crippen LogP contribution is 2.28. The van der Waals surface area contributed by atoms with E-state index in [1.165, 1.54) is 5.57 Å². The van der Waals surface area contributed by atoms with Gasteiger partial charge in [-0.25, -0.2) is 0 Å². The summed E-state index contributed by atoms with van der Waals surface area (Å²) in [5.41, 5.74) is 0.545. The summed E-state index contributed by atoms with van der Waals surface area (Å²) in [4.78, 5) is 0. The Morgan fingerprint density at radius 3 is 2.75 bits per heavy atom. The maximum atomic E-state index is 10.2. The normalized spacial score (nSPS) is 36.2. The van der Waals surface area contributed by atoms with Gasteiger partial charge in [0.2, 0.25) is 0 Å². The molecule has 2 atom stereocenters. The fourth-order valence-electron chi connectivity index (χ4n) is 1.60. The van der Waals surface area contributed by atoms with Crippen LogP contribution in [0.1, 0.15) is 27.2 Å².